The number of nitrogens with zero attached hydrogens (tertiary/aromatic N) is 3. The van der Waals surface area contributed by atoms with Gasteiger partial charge in [-0.15, -0.1) is 0 Å². The number of aromatic nitrogens is 2. The van der Waals surface area contributed by atoms with Crippen LogP contribution >= 0.6 is 0 Å². The van der Waals surface area contributed by atoms with Gasteiger partial charge < -0.3 is 20.8 Å². The van der Waals surface area contributed by atoms with Crippen LogP contribution in [-0.4, -0.2) is 28.5 Å². The second kappa shape index (κ2) is 8.15. The van der Waals surface area contributed by atoms with Crippen LogP contribution in [0, 0.1) is 5.92 Å². The first-order valence-corrected chi connectivity index (χ1v) is 8.59. The lowest BCUT2D eigenvalue weighted by Crippen LogP contribution is -2.06. The quantitative estimate of drug-likeness (QED) is 0.437. The van der Waals surface area contributed by atoms with Gasteiger partial charge >= 0.3 is 0 Å². The SMILES string of the molecule is CCOCCCn1c(N)nc2cc(N)c(/N=C(\C)CC(C)C)cc21. The van der Waals surface area contributed by atoms with E-state index in [0.717, 1.165) is 48.4 Å². The molecule has 0 fully saturated rings. The summed E-state index contributed by atoms with van der Waals surface area (Å²) >= 11 is 0. The van der Waals surface area contributed by atoms with Crippen LogP contribution in [0.2, 0.25) is 0 Å². The maximum absolute atomic E-state index is 6.15. The summed E-state index contributed by atoms with van der Waals surface area (Å²) < 4.78 is 7.40. The highest BCUT2D eigenvalue weighted by atomic mass is 16.5. The van der Waals surface area contributed by atoms with Crippen molar-refractivity contribution < 1.29 is 4.74 Å². The summed E-state index contributed by atoms with van der Waals surface area (Å²) in [4.78, 5) is 9.11. The van der Waals surface area contributed by atoms with E-state index < -0.39 is 0 Å². The lowest BCUT2D eigenvalue weighted by Gasteiger charge is -2.09. The topological polar surface area (TPSA) is 91.5 Å². The van der Waals surface area contributed by atoms with E-state index in [-0.39, 0.29) is 0 Å². The molecule has 0 radical (unpaired) electrons. The second-order valence-corrected chi connectivity index (χ2v) is 6.52. The largest absolute Gasteiger partial charge is 0.397 e. The highest BCUT2D eigenvalue weighted by molar-refractivity contribution is 5.92. The van der Waals surface area contributed by atoms with E-state index >= 15 is 0 Å². The smallest absolute Gasteiger partial charge is 0.201 e. The van der Waals surface area contributed by atoms with Gasteiger partial charge in [-0.05, 0) is 44.7 Å². The molecule has 0 aliphatic rings. The van der Waals surface area contributed by atoms with Crippen LogP contribution < -0.4 is 11.5 Å². The molecule has 0 aliphatic heterocycles. The number of rotatable bonds is 8. The summed E-state index contributed by atoms with van der Waals surface area (Å²) in [5.74, 6) is 1.07. The fraction of sp³-hybridized carbons (Fsp3) is 0.556. The molecule has 0 spiro atoms. The lowest BCUT2D eigenvalue weighted by atomic mass is 10.1. The van der Waals surface area contributed by atoms with Crippen LogP contribution in [0.3, 0.4) is 0 Å². The van der Waals surface area contributed by atoms with E-state index in [9.17, 15) is 0 Å². The molecule has 1 heterocycles. The highest BCUT2D eigenvalue weighted by Crippen LogP contribution is 2.30. The van der Waals surface area contributed by atoms with E-state index in [1.165, 1.54) is 0 Å². The van der Waals surface area contributed by atoms with Gasteiger partial charge in [0, 0.05) is 25.5 Å². The summed E-state index contributed by atoms with van der Waals surface area (Å²) in [6.45, 7) is 10.6. The van der Waals surface area contributed by atoms with E-state index in [0.29, 0.717) is 24.2 Å². The van der Waals surface area contributed by atoms with Crippen molar-refractivity contribution in [2.24, 2.45) is 10.9 Å². The molecule has 24 heavy (non-hydrogen) atoms. The van der Waals surface area contributed by atoms with E-state index in [1.807, 2.05) is 30.5 Å². The van der Waals surface area contributed by atoms with Crippen LogP contribution in [0.25, 0.3) is 11.0 Å². The Labute approximate surface area is 143 Å². The number of imidazole rings is 1. The van der Waals surface area contributed by atoms with Gasteiger partial charge in [0.05, 0.1) is 22.4 Å². The summed E-state index contributed by atoms with van der Waals surface area (Å²) in [7, 11) is 0. The van der Waals surface area contributed by atoms with Crippen molar-refractivity contribution in [3.63, 3.8) is 0 Å². The van der Waals surface area contributed by atoms with Crippen molar-refractivity contribution in [1.29, 1.82) is 0 Å². The first-order chi connectivity index (χ1) is 11.4. The first kappa shape index (κ1) is 18.3. The van der Waals surface area contributed by atoms with Gasteiger partial charge in [-0.2, -0.15) is 0 Å². The lowest BCUT2D eigenvalue weighted by molar-refractivity contribution is 0.142. The Bertz CT molecular complexity index is 718. The fourth-order valence-corrected chi connectivity index (χ4v) is 2.84. The molecule has 1 aromatic heterocycles. The highest BCUT2D eigenvalue weighted by Gasteiger charge is 2.11. The zero-order valence-corrected chi connectivity index (χ0v) is 15.2. The maximum Gasteiger partial charge on any atom is 0.201 e. The molecule has 0 amide bonds. The predicted octanol–water partition coefficient (Wildman–Crippen LogP) is 3.77. The molecule has 2 rings (SSSR count). The van der Waals surface area contributed by atoms with E-state index in [4.69, 9.17) is 21.2 Å². The number of aryl methyl sites for hydroxylation is 1. The summed E-state index contributed by atoms with van der Waals surface area (Å²) in [5, 5.41) is 0. The molecule has 6 nitrogen and oxygen atoms in total. The molecule has 0 saturated heterocycles. The number of fused-ring (bicyclic) bond motifs is 1. The van der Waals surface area contributed by atoms with Crippen molar-refractivity contribution in [3.8, 4) is 0 Å². The van der Waals surface area contributed by atoms with Crippen molar-refractivity contribution in [1.82, 2.24) is 9.55 Å². The molecule has 132 valence electrons. The minimum atomic E-state index is 0.501. The van der Waals surface area contributed by atoms with E-state index in [1.54, 1.807) is 0 Å². The normalized spacial score (nSPS) is 12.5. The molecular weight excluding hydrogens is 302 g/mol. The van der Waals surface area contributed by atoms with Crippen LogP contribution in [0.5, 0.6) is 0 Å². The molecule has 0 bridgehead atoms. The molecular formula is C18H29N5O. The number of benzene rings is 1. The van der Waals surface area contributed by atoms with Gasteiger partial charge in [0.1, 0.15) is 0 Å². The number of hydrogen-bond donors (Lipinski definition) is 2. The van der Waals surface area contributed by atoms with Gasteiger partial charge in [0.2, 0.25) is 5.95 Å². The molecule has 1 aromatic carbocycles. The zero-order chi connectivity index (χ0) is 17.7. The Morgan fingerprint density at radius 1 is 1.33 bits per heavy atom. The molecule has 0 unspecified atom stereocenters. The van der Waals surface area contributed by atoms with Gasteiger partial charge in [-0.1, -0.05) is 13.8 Å². The Morgan fingerprint density at radius 2 is 2.08 bits per heavy atom. The van der Waals surface area contributed by atoms with Crippen LogP contribution in [0.15, 0.2) is 17.1 Å². The maximum atomic E-state index is 6.15. The van der Waals surface area contributed by atoms with Gasteiger partial charge in [0.25, 0.3) is 0 Å². The monoisotopic (exact) mass is 331 g/mol. The Kier molecular flexibility index (Phi) is 6.20. The third kappa shape index (κ3) is 4.47. The van der Waals surface area contributed by atoms with Gasteiger partial charge in [-0.3, -0.25) is 4.99 Å². The zero-order valence-electron chi connectivity index (χ0n) is 15.2. The molecule has 6 heteroatoms. The number of nitrogens with two attached hydrogens (primary N) is 2. The number of hydrogen-bond acceptors (Lipinski definition) is 5. The molecule has 4 N–H and O–H groups in total. The first-order valence-electron chi connectivity index (χ1n) is 8.59. The summed E-state index contributed by atoms with van der Waals surface area (Å²) in [5.41, 5.74) is 16.5. The van der Waals surface area contributed by atoms with Crippen LogP contribution in [0.1, 0.15) is 40.5 Å². The standard InChI is InChI=1S/C18H29N5O/c1-5-24-8-6-7-23-17-11-15(21-13(4)9-12(2)3)14(19)10-16(17)22-18(23)20/h10-12H,5-9,19H2,1-4H3,(H2,20,22)/b21-13+. The third-order valence-corrected chi connectivity index (χ3v) is 3.82. The average Bonchev–Trinajstić information content (AvgIpc) is 2.78. The fourth-order valence-electron chi connectivity index (χ4n) is 2.84. The molecule has 2 aromatic rings. The van der Waals surface area contributed by atoms with Crippen molar-refractivity contribution in [2.75, 3.05) is 24.7 Å². The number of aliphatic imine (C=N–C) groups is 1. The third-order valence-electron chi connectivity index (χ3n) is 3.82. The number of nitrogen functional groups attached to an aromatic ring is 2. The van der Waals surface area contributed by atoms with Crippen molar-refractivity contribution in [3.05, 3.63) is 12.1 Å². The summed E-state index contributed by atoms with van der Waals surface area (Å²) in [6.07, 6.45) is 1.84. The van der Waals surface area contributed by atoms with Crippen molar-refractivity contribution in [2.45, 2.75) is 47.1 Å². The van der Waals surface area contributed by atoms with Crippen molar-refractivity contribution >= 4 is 34.1 Å². The molecule has 0 aliphatic carbocycles. The predicted molar refractivity (Wildman–Crippen MR) is 102 cm³/mol. The summed E-state index contributed by atoms with van der Waals surface area (Å²) in [6, 6.07) is 3.84. The Morgan fingerprint density at radius 3 is 2.75 bits per heavy atom. The molecule has 0 saturated carbocycles. The second-order valence-electron chi connectivity index (χ2n) is 6.52. The van der Waals surface area contributed by atoms with E-state index in [2.05, 4.69) is 18.8 Å². The average molecular weight is 331 g/mol. The Balaban J connectivity index is 2.32. The van der Waals surface area contributed by atoms with Crippen LogP contribution in [0.4, 0.5) is 17.3 Å². The Hall–Kier alpha value is -2.08. The minimum Gasteiger partial charge on any atom is -0.397 e. The van der Waals surface area contributed by atoms with Gasteiger partial charge in [-0.25, -0.2) is 4.98 Å². The molecule has 0 atom stereocenters. The number of anilines is 2. The van der Waals surface area contributed by atoms with Crippen LogP contribution in [-0.2, 0) is 11.3 Å². The number of ether oxygens (including phenoxy) is 1. The van der Waals surface area contributed by atoms with Gasteiger partial charge in [0.15, 0.2) is 0 Å². The minimum absolute atomic E-state index is 0.501.